The van der Waals surface area contributed by atoms with Crippen molar-refractivity contribution in [2.75, 3.05) is 18.9 Å². The first-order valence-electron chi connectivity index (χ1n) is 6.86. The molecule has 1 aliphatic heterocycles. The number of rotatable bonds is 2. The predicted octanol–water partition coefficient (Wildman–Crippen LogP) is -0.485. The SMILES string of the molecule is CC1OC(C)(C)OC[C@H](c2cnc(N)[nH]c2=O)N[C@@H]1CO. The van der Waals surface area contributed by atoms with Crippen LogP contribution in [0.1, 0.15) is 32.4 Å². The molecule has 1 aromatic rings. The second-order valence-electron chi connectivity index (χ2n) is 5.60. The van der Waals surface area contributed by atoms with Crippen LogP contribution in [0, 0.1) is 0 Å². The Bertz CT molecular complexity index is 545. The van der Waals surface area contributed by atoms with E-state index in [4.69, 9.17) is 15.2 Å². The zero-order valence-corrected chi connectivity index (χ0v) is 12.4. The molecule has 0 radical (unpaired) electrons. The fourth-order valence-corrected chi connectivity index (χ4v) is 2.34. The molecule has 2 heterocycles. The smallest absolute Gasteiger partial charge is 0.257 e. The third kappa shape index (κ3) is 3.79. The quantitative estimate of drug-likeness (QED) is 0.581. The number of nitrogens with two attached hydrogens (primary N) is 1. The Hall–Kier alpha value is -1.48. The Morgan fingerprint density at radius 3 is 2.90 bits per heavy atom. The average Bonchev–Trinajstić information content (AvgIpc) is 2.38. The van der Waals surface area contributed by atoms with E-state index in [0.717, 1.165) is 0 Å². The van der Waals surface area contributed by atoms with Crippen LogP contribution in [0.3, 0.4) is 0 Å². The summed E-state index contributed by atoms with van der Waals surface area (Å²) in [6.07, 6.45) is 1.14. The summed E-state index contributed by atoms with van der Waals surface area (Å²) in [5.74, 6) is -0.743. The van der Waals surface area contributed by atoms with Crippen LogP contribution >= 0.6 is 0 Å². The fourth-order valence-electron chi connectivity index (χ4n) is 2.34. The molecule has 3 atom stereocenters. The van der Waals surface area contributed by atoms with Crippen molar-refractivity contribution in [3.8, 4) is 0 Å². The van der Waals surface area contributed by atoms with E-state index in [2.05, 4.69) is 15.3 Å². The third-order valence-electron chi connectivity index (χ3n) is 3.47. The molecule has 8 nitrogen and oxygen atoms in total. The highest BCUT2D eigenvalue weighted by molar-refractivity contribution is 5.20. The van der Waals surface area contributed by atoms with Crippen molar-refractivity contribution >= 4 is 5.95 Å². The summed E-state index contributed by atoms with van der Waals surface area (Å²) in [4.78, 5) is 18.4. The first-order chi connectivity index (χ1) is 9.82. The van der Waals surface area contributed by atoms with Gasteiger partial charge in [0, 0.05) is 6.20 Å². The molecule has 1 saturated heterocycles. The van der Waals surface area contributed by atoms with Gasteiger partial charge in [0.05, 0.1) is 37.0 Å². The minimum Gasteiger partial charge on any atom is -0.395 e. The van der Waals surface area contributed by atoms with E-state index in [0.29, 0.717) is 5.56 Å². The number of hydrogen-bond donors (Lipinski definition) is 4. The van der Waals surface area contributed by atoms with Gasteiger partial charge in [0.2, 0.25) is 0 Å². The van der Waals surface area contributed by atoms with Crippen LogP contribution in [0.2, 0.25) is 0 Å². The maximum atomic E-state index is 12.0. The molecule has 0 spiro atoms. The third-order valence-corrected chi connectivity index (χ3v) is 3.47. The predicted molar refractivity (Wildman–Crippen MR) is 76.6 cm³/mol. The maximum Gasteiger partial charge on any atom is 0.257 e. The monoisotopic (exact) mass is 298 g/mol. The summed E-state index contributed by atoms with van der Waals surface area (Å²) in [5.41, 5.74) is 5.54. The molecule has 1 unspecified atom stereocenters. The molecule has 118 valence electrons. The van der Waals surface area contributed by atoms with Crippen molar-refractivity contribution in [1.29, 1.82) is 0 Å². The van der Waals surface area contributed by atoms with E-state index < -0.39 is 11.8 Å². The van der Waals surface area contributed by atoms with Gasteiger partial charge in [-0.05, 0) is 20.8 Å². The molecule has 8 heteroatoms. The molecule has 0 bridgehead atoms. The van der Waals surface area contributed by atoms with Crippen LogP contribution in [-0.2, 0) is 9.47 Å². The van der Waals surface area contributed by atoms with E-state index in [1.54, 1.807) is 13.8 Å². The lowest BCUT2D eigenvalue weighted by Gasteiger charge is -2.38. The van der Waals surface area contributed by atoms with Gasteiger partial charge in [0.1, 0.15) is 0 Å². The van der Waals surface area contributed by atoms with Crippen LogP contribution < -0.4 is 16.6 Å². The highest BCUT2D eigenvalue weighted by atomic mass is 16.7. The normalized spacial score (nSPS) is 29.6. The Kier molecular flexibility index (Phi) is 4.62. The number of aliphatic hydroxyl groups is 1. The lowest BCUT2D eigenvalue weighted by Crippen LogP contribution is -2.52. The Balaban J connectivity index is 2.30. The van der Waals surface area contributed by atoms with Crippen molar-refractivity contribution in [2.45, 2.75) is 44.7 Å². The molecular weight excluding hydrogens is 276 g/mol. The minimum absolute atomic E-state index is 0.0613. The zero-order valence-electron chi connectivity index (χ0n) is 12.4. The Morgan fingerprint density at radius 1 is 1.57 bits per heavy atom. The molecule has 0 aliphatic carbocycles. The number of nitrogens with one attached hydrogen (secondary N) is 2. The van der Waals surface area contributed by atoms with Gasteiger partial charge < -0.3 is 25.6 Å². The van der Waals surface area contributed by atoms with Crippen LogP contribution in [0.4, 0.5) is 5.95 Å². The molecular formula is C13H22N4O4. The number of aromatic nitrogens is 2. The standard InChI is InChI=1S/C13H22N4O4/c1-7-9(5-18)16-10(6-20-13(2,3)21-7)8-4-15-12(14)17-11(8)19/h4,7,9-10,16,18H,5-6H2,1-3H3,(H3,14,15,17,19)/t7?,9-,10-/m1/s1. The van der Waals surface area contributed by atoms with E-state index in [1.165, 1.54) is 6.20 Å². The molecule has 0 saturated carbocycles. The van der Waals surface area contributed by atoms with E-state index in [-0.39, 0.29) is 36.9 Å². The van der Waals surface area contributed by atoms with Crippen LogP contribution in [0.5, 0.6) is 0 Å². The lowest BCUT2D eigenvalue weighted by molar-refractivity contribution is -0.253. The number of H-pyrrole nitrogens is 1. The van der Waals surface area contributed by atoms with Gasteiger partial charge >= 0.3 is 0 Å². The number of hydrogen-bond acceptors (Lipinski definition) is 7. The van der Waals surface area contributed by atoms with E-state index >= 15 is 0 Å². The molecule has 0 aromatic carbocycles. The maximum absolute atomic E-state index is 12.0. The van der Waals surface area contributed by atoms with Crippen molar-refractivity contribution in [3.63, 3.8) is 0 Å². The highest BCUT2D eigenvalue weighted by Crippen LogP contribution is 2.23. The second-order valence-corrected chi connectivity index (χ2v) is 5.60. The lowest BCUT2D eigenvalue weighted by atomic mass is 10.1. The molecule has 2 rings (SSSR count). The van der Waals surface area contributed by atoms with Gasteiger partial charge in [-0.2, -0.15) is 0 Å². The van der Waals surface area contributed by atoms with Gasteiger partial charge in [-0.25, -0.2) is 4.98 Å². The summed E-state index contributed by atoms with van der Waals surface area (Å²) < 4.78 is 11.5. The fraction of sp³-hybridized carbons (Fsp3) is 0.692. The molecule has 1 fully saturated rings. The number of aliphatic hydroxyl groups excluding tert-OH is 1. The summed E-state index contributed by atoms with van der Waals surface area (Å²) in [6.45, 7) is 5.53. The molecule has 0 amide bonds. The van der Waals surface area contributed by atoms with Crippen LogP contribution in [0.15, 0.2) is 11.0 Å². The molecule has 1 aliphatic rings. The molecule has 21 heavy (non-hydrogen) atoms. The van der Waals surface area contributed by atoms with Crippen molar-refractivity contribution < 1.29 is 14.6 Å². The van der Waals surface area contributed by atoms with Crippen molar-refractivity contribution in [2.24, 2.45) is 0 Å². The van der Waals surface area contributed by atoms with Gasteiger partial charge in [0.15, 0.2) is 11.7 Å². The minimum atomic E-state index is -0.804. The van der Waals surface area contributed by atoms with Crippen molar-refractivity contribution in [3.05, 3.63) is 22.1 Å². The number of anilines is 1. The van der Waals surface area contributed by atoms with Crippen LogP contribution in [-0.4, -0.2) is 46.2 Å². The van der Waals surface area contributed by atoms with Crippen LogP contribution in [0.25, 0.3) is 0 Å². The van der Waals surface area contributed by atoms with Gasteiger partial charge in [-0.3, -0.25) is 9.78 Å². The topological polar surface area (TPSA) is 122 Å². The Labute approximate surface area is 122 Å². The number of aromatic amines is 1. The summed E-state index contributed by atoms with van der Waals surface area (Å²) in [5, 5.41) is 12.7. The van der Waals surface area contributed by atoms with E-state index in [9.17, 15) is 9.90 Å². The highest BCUT2D eigenvalue weighted by Gasteiger charge is 2.33. The average molecular weight is 298 g/mol. The first-order valence-corrected chi connectivity index (χ1v) is 6.86. The molecule has 1 aromatic heterocycles. The van der Waals surface area contributed by atoms with Crippen molar-refractivity contribution in [1.82, 2.24) is 15.3 Å². The summed E-state index contributed by atoms with van der Waals surface area (Å²) >= 11 is 0. The summed E-state index contributed by atoms with van der Waals surface area (Å²) in [7, 11) is 0. The second kappa shape index (κ2) is 6.10. The van der Waals surface area contributed by atoms with E-state index in [1.807, 2.05) is 6.92 Å². The van der Waals surface area contributed by atoms with Gasteiger partial charge in [-0.1, -0.05) is 0 Å². The number of ether oxygens (including phenoxy) is 2. The zero-order chi connectivity index (χ0) is 15.6. The van der Waals surface area contributed by atoms with Gasteiger partial charge in [-0.15, -0.1) is 0 Å². The molecule has 5 N–H and O–H groups in total. The Morgan fingerprint density at radius 2 is 2.29 bits per heavy atom. The van der Waals surface area contributed by atoms with Gasteiger partial charge in [0.25, 0.3) is 5.56 Å². The number of nitrogens with zero attached hydrogens (tertiary/aromatic N) is 1. The number of nitrogen functional groups attached to an aromatic ring is 1. The largest absolute Gasteiger partial charge is 0.395 e. The first kappa shape index (κ1) is 15.9. The summed E-state index contributed by atoms with van der Waals surface area (Å²) in [6, 6.07) is -0.736.